The van der Waals surface area contributed by atoms with E-state index in [2.05, 4.69) is 60.4 Å². The van der Waals surface area contributed by atoms with E-state index in [1.54, 1.807) is 60.1 Å². The quantitative estimate of drug-likeness (QED) is 0.0975. The zero-order valence-electron chi connectivity index (χ0n) is 22.3. The van der Waals surface area contributed by atoms with Gasteiger partial charge in [-0.15, -0.1) is 22.7 Å². The average Bonchev–Trinajstić information content (AvgIpc) is 3.53. The van der Waals surface area contributed by atoms with Gasteiger partial charge in [-0.3, -0.25) is 9.78 Å². The van der Waals surface area contributed by atoms with Crippen molar-refractivity contribution < 1.29 is 33.2 Å². The number of ketones is 1. The van der Waals surface area contributed by atoms with Crippen molar-refractivity contribution in [3.8, 4) is 0 Å². The minimum atomic E-state index is -0.391. The van der Waals surface area contributed by atoms with Crippen LogP contribution in [0.2, 0.25) is 10.0 Å². The summed E-state index contributed by atoms with van der Waals surface area (Å²) in [5.74, 6) is -0.487. The Kier molecular flexibility index (Phi) is 20.2. The van der Waals surface area contributed by atoms with Crippen molar-refractivity contribution >= 4 is 89.5 Å². The van der Waals surface area contributed by atoms with Gasteiger partial charge in [0, 0.05) is 47.2 Å². The van der Waals surface area contributed by atoms with E-state index < -0.39 is 5.97 Å². The molecule has 0 aliphatic rings. The zero-order valence-corrected chi connectivity index (χ0v) is 28.6. The largest absolute Gasteiger partial charge is 1.00 e. The fraction of sp³-hybridized carbons (Fsp3) is 0.222. The third kappa shape index (κ3) is 15.5. The number of ether oxygens (including phenoxy) is 1. The van der Waals surface area contributed by atoms with Gasteiger partial charge >= 0.3 is 24.8 Å². The van der Waals surface area contributed by atoms with E-state index in [9.17, 15) is 9.59 Å². The van der Waals surface area contributed by atoms with Crippen LogP contribution in [-0.4, -0.2) is 28.8 Å². The molecule has 5 nitrogen and oxygen atoms in total. The molecule has 39 heavy (non-hydrogen) atoms. The van der Waals surface area contributed by atoms with E-state index in [1.165, 1.54) is 24.9 Å². The number of carbonyl (C=O) groups excluding carboxylic acids is 2. The minimum absolute atomic E-state index is 0. The van der Waals surface area contributed by atoms with Crippen LogP contribution in [-0.2, 0) is 4.74 Å². The van der Waals surface area contributed by atoms with Crippen molar-refractivity contribution in [2.24, 2.45) is 0 Å². The molecule has 0 amide bonds. The molecule has 4 aromatic rings. The Morgan fingerprint density at radius 2 is 1.51 bits per heavy atom. The zero-order chi connectivity index (χ0) is 28.7. The Morgan fingerprint density at radius 3 is 1.87 bits per heavy atom. The maximum Gasteiger partial charge on any atom is 1.00 e. The summed E-state index contributed by atoms with van der Waals surface area (Å²) >= 11 is 21.2. The monoisotopic (exact) mass is 726 g/mol. The van der Waals surface area contributed by atoms with Crippen molar-refractivity contribution in [2.45, 2.75) is 33.6 Å². The van der Waals surface area contributed by atoms with Crippen LogP contribution in [0, 0.1) is 20.8 Å². The topological polar surface area (TPSA) is 69.2 Å². The number of aromatic nitrogens is 2. The maximum atomic E-state index is 12.0. The summed E-state index contributed by atoms with van der Waals surface area (Å²) in [5, 5.41) is 4.63. The summed E-state index contributed by atoms with van der Waals surface area (Å²) in [7, 11) is 1.33. The Balaban J connectivity index is 0.000000551. The number of nitrogens with zero attached hydrogens (tertiary/aromatic N) is 2. The standard InChI is InChI=1S/C11H7BrClNOS.C8H6BrClO2.C4H5NS.C4H9.Li/c1-6-5-14-11(16-6)10(15)7-2-8(12)4-9(13)3-7;1-12-8(11)5-2-6(9)4-7(10)3-5;1-4-5-2-3-6-4;1-3-4-2;/h2-5H,1H3;2-4H,1H3;2-3H,1H3;1,3-4H2,2H3;/q;;;-1;+1. The van der Waals surface area contributed by atoms with Crippen LogP contribution in [0.15, 0.2) is 63.1 Å². The summed E-state index contributed by atoms with van der Waals surface area (Å²) < 4.78 is 6.08. The van der Waals surface area contributed by atoms with E-state index in [-0.39, 0.29) is 24.6 Å². The normalized spacial score (nSPS) is 9.36. The molecular weight excluding hydrogens is 702 g/mol. The molecule has 12 heteroatoms. The van der Waals surface area contributed by atoms with Crippen molar-refractivity contribution in [1.29, 1.82) is 0 Å². The number of benzene rings is 2. The van der Waals surface area contributed by atoms with Gasteiger partial charge in [-0.1, -0.05) is 68.4 Å². The summed E-state index contributed by atoms with van der Waals surface area (Å²) in [5.41, 5.74) is 0.991. The Labute approximate surface area is 277 Å². The first kappa shape index (κ1) is 38.0. The van der Waals surface area contributed by atoms with Gasteiger partial charge in [0.2, 0.25) is 5.78 Å². The molecule has 0 unspecified atom stereocenters. The van der Waals surface area contributed by atoms with E-state index in [4.69, 9.17) is 23.2 Å². The number of aryl methyl sites for hydroxylation is 2. The number of carbonyl (C=O) groups is 2. The van der Waals surface area contributed by atoms with Crippen LogP contribution in [0.5, 0.6) is 0 Å². The number of unbranched alkanes of at least 4 members (excludes halogenated alkanes) is 1. The third-order valence-corrected chi connectivity index (χ3v) is 7.10. The van der Waals surface area contributed by atoms with E-state index in [0.29, 0.717) is 26.2 Å². The second-order valence-corrected chi connectivity index (χ2v) is 12.4. The first-order chi connectivity index (χ1) is 18.0. The van der Waals surface area contributed by atoms with Crippen molar-refractivity contribution in [3.63, 3.8) is 0 Å². The molecule has 0 N–H and O–H groups in total. The molecule has 0 saturated carbocycles. The van der Waals surface area contributed by atoms with Gasteiger partial charge in [-0.25, -0.2) is 9.78 Å². The molecule has 2 aromatic carbocycles. The molecule has 2 aromatic heterocycles. The van der Waals surface area contributed by atoms with E-state index in [0.717, 1.165) is 25.3 Å². The first-order valence-electron chi connectivity index (χ1n) is 11.1. The van der Waals surface area contributed by atoms with Crippen LogP contribution in [0.3, 0.4) is 0 Å². The van der Waals surface area contributed by atoms with Crippen LogP contribution >= 0.6 is 77.7 Å². The molecule has 2 heterocycles. The fourth-order valence-corrected chi connectivity index (χ4v) is 5.24. The van der Waals surface area contributed by atoms with Crippen LogP contribution in [0.4, 0.5) is 0 Å². The number of esters is 1. The molecule has 0 saturated heterocycles. The molecular formula is C27H27Br2Cl2LiN2O3S2. The Bertz CT molecular complexity index is 1260. The number of methoxy groups -OCH3 is 1. The molecule has 204 valence electrons. The molecule has 0 aliphatic carbocycles. The number of rotatable bonds is 4. The van der Waals surface area contributed by atoms with Crippen molar-refractivity contribution in [1.82, 2.24) is 9.97 Å². The van der Waals surface area contributed by atoms with Crippen molar-refractivity contribution in [2.75, 3.05) is 7.11 Å². The Hall–Kier alpha value is -1.02. The number of halogens is 4. The average molecular weight is 729 g/mol. The molecule has 0 bridgehead atoms. The summed E-state index contributed by atoms with van der Waals surface area (Å²) in [4.78, 5) is 32.1. The molecule has 0 atom stereocenters. The number of hydrogen-bond acceptors (Lipinski definition) is 7. The molecule has 0 radical (unpaired) electrons. The molecule has 0 fully saturated rings. The van der Waals surface area contributed by atoms with Crippen LogP contribution in [0.25, 0.3) is 0 Å². The molecule has 0 aliphatic heterocycles. The number of thiazole rings is 2. The van der Waals surface area contributed by atoms with Gasteiger partial charge in [0.15, 0.2) is 5.01 Å². The second kappa shape index (κ2) is 20.8. The predicted molar refractivity (Wildman–Crippen MR) is 167 cm³/mol. The van der Waals surface area contributed by atoms with Crippen LogP contribution in [0.1, 0.15) is 55.4 Å². The summed E-state index contributed by atoms with van der Waals surface area (Å²) in [6.07, 6.45) is 5.78. The van der Waals surface area contributed by atoms with E-state index in [1.807, 2.05) is 19.2 Å². The summed E-state index contributed by atoms with van der Waals surface area (Å²) in [6, 6.07) is 10.0. The minimum Gasteiger partial charge on any atom is -0.465 e. The van der Waals surface area contributed by atoms with Gasteiger partial charge < -0.3 is 11.7 Å². The van der Waals surface area contributed by atoms with E-state index >= 15 is 0 Å². The fourth-order valence-electron chi connectivity index (χ4n) is 2.35. The maximum absolute atomic E-state index is 12.0. The predicted octanol–water partition coefficient (Wildman–Crippen LogP) is 7.06. The van der Waals surface area contributed by atoms with Gasteiger partial charge in [-0.2, -0.15) is 6.42 Å². The van der Waals surface area contributed by atoms with Gasteiger partial charge in [0.1, 0.15) is 0 Å². The van der Waals surface area contributed by atoms with Gasteiger partial charge in [-0.05, 0) is 50.2 Å². The smallest absolute Gasteiger partial charge is 0.465 e. The van der Waals surface area contributed by atoms with Gasteiger partial charge in [0.25, 0.3) is 0 Å². The molecule has 0 spiro atoms. The molecule has 4 rings (SSSR count). The number of hydrogen-bond donors (Lipinski definition) is 0. The third-order valence-electron chi connectivity index (χ3n) is 4.13. The summed E-state index contributed by atoms with van der Waals surface area (Å²) in [6.45, 7) is 9.63. The Morgan fingerprint density at radius 1 is 0.974 bits per heavy atom. The van der Waals surface area contributed by atoms with Crippen LogP contribution < -0.4 is 18.9 Å². The SMILES string of the molecule is COC(=O)c1cc(Cl)cc(Br)c1.Cc1cnc(C(=O)c2cc(Cl)cc(Br)c2)s1.Cc1nccs1.[CH2-]CCC.[Li+]. The van der Waals surface area contributed by atoms with Gasteiger partial charge in [0.05, 0.1) is 17.7 Å². The second-order valence-electron chi connectivity index (χ2n) is 7.32. The first-order valence-corrected chi connectivity index (χ1v) is 15.2. The van der Waals surface area contributed by atoms with Crippen molar-refractivity contribution in [3.05, 3.63) is 106 Å².